The van der Waals surface area contributed by atoms with E-state index in [-0.39, 0.29) is 0 Å². The van der Waals surface area contributed by atoms with E-state index in [2.05, 4.69) is 86.5 Å². The standard InChI is InChI=1S/C25H26N4/c1-3-9-22-20(6-1)8-5-11-24(22)29-18-16-28(17-19-29)15-12-21-7-2-4-10-23(21)25-26-13-14-27-25/h1-11,13-14H,12,15-19H2,(H,26,27). The van der Waals surface area contributed by atoms with Crippen molar-refractivity contribution in [3.05, 3.63) is 84.7 Å². The average Bonchev–Trinajstić information content (AvgIpc) is 3.33. The van der Waals surface area contributed by atoms with Crippen LogP contribution in [0, 0.1) is 0 Å². The quantitative estimate of drug-likeness (QED) is 0.548. The van der Waals surface area contributed by atoms with E-state index in [9.17, 15) is 0 Å². The number of fused-ring (bicyclic) bond motifs is 1. The monoisotopic (exact) mass is 382 g/mol. The molecule has 4 aromatic rings. The zero-order valence-corrected chi connectivity index (χ0v) is 16.6. The van der Waals surface area contributed by atoms with Gasteiger partial charge in [-0.3, -0.25) is 4.90 Å². The SMILES string of the molecule is c1ccc(-c2ncc[nH]2)c(CCN2CCN(c3cccc4ccccc34)CC2)c1. The van der Waals surface area contributed by atoms with Crippen molar-refractivity contribution >= 4 is 16.5 Å². The van der Waals surface area contributed by atoms with Gasteiger partial charge in [-0.05, 0) is 23.4 Å². The third-order valence-corrected chi connectivity index (χ3v) is 5.95. The van der Waals surface area contributed by atoms with E-state index >= 15 is 0 Å². The zero-order chi connectivity index (χ0) is 19.5. The van der Waals surface area contributed by atoms with Crippen molar-refractivity contribution in [1.29, 1.82) is 0 Å². The molecule has 1 aliphatic rings. The topological polar surface area (TPSA) is 35.2 Å². The van der Waals surface area contributed by atoms with Gasteiger partial charge in [0.25, 0.3) is 0 Å². The molecule has 29 heavy (non-hydrogen) atoms. The minimum atomic E-state index is 0.960. The van der Waals surface area contributed by atoms with Gasteiger partial charge in [-0.15, -0.1) is 0 Å². The lowest BCUT2D eigenvalue weighted by Crippen LogP contribution is -2.47. The molecule has 3 aromatic carbocycles. The van der Waals surface area contributed by atoms with Crippen LogP contribution in [0.5, 0.6) is 0 Å². The molecule has 2 heterocycles. The van der Waals surface area contributed by atoms with E-state index in [1.807, 2.05) is 12.4 Å². The second-order valence-electron chi connectivity index (χ2n) is 7.67. The Kier molecular flexibility index (Phi) is 5.01. The van der Waals surface area contributed by atoms with Crippen LogP contribution in [0.1, 0.15) is 5.56 Å². The summed E-state index contributed by atoms with van der Waals surface area (Å²) in [4.78, 5) is 12.8. The molecular weight excluding hydrogens is 356 g/mol. The number of nitrogens with zero attached hydrogens (tertiary/aromatic N) is 3. The summed E-state index contributed by atoms with van der Waals surface area (Å²) >= 11 is 0. The summed E-state index contributed by atoms with van der Waals surface area (Å²) in [5, 5.41) is 2.68. The van der Waals surface area contributed by atoms with Crippen molar-refractivity contribution in [2.45, 2.75) is 6.42 Å². The Morgan fingerprint density at radius 2 is 1.62 bits per heavy atom. The number of aromatic amines is 1. The van der Waals surface area contributed by atoms with Gasteiger partial charge >= 0.3 is 0 Å². The van der Waals surface area contributed by atoms with E-state index in [1.165, 1.54) is 27.6 Å². The van der Waals surface area contributed by atoms with Crippen LogP contribution in [0.4, 0.5) is 5.69 Å². The van der Waals surface area contributed by atoms with Crippen LogP contribution in [0.2, 0.25) is 0 Å². The first-order chi connectivity index (χ1) is 14.4. The van der Waals surface area contributed by atoms with Gasteiger partial charge in [0.05, 0.1) is 0 Å². The number of H-pyrrole nitrogens is 1. The fourth-order valence-electron chi connectivity index (χ4n) is 4.36. The molecule has 146 valence electrons. The van der Waals surface area contributed by atoms with Gasteiger partial charge < -0.3 is 9.88 Å². The predicted molar refractivity (Wildman–Crippen MR) is 120 cm³/mol. The molecule has 0 amide bonds. The van der Waals surface area contributed by atoms with Gasteiger partial charge in [-0.25, -0.2) is 4.98 Å². The molecule has 4 nitrogen and oxygen atoms in total. The van der Waals surface area contributed by atoms with Crippen LogP contribution >= 0.6 is 0 Å². The van der Waals surface area contributed by atoms with Crippen LogP contribution in [0.3, 0.4) is 0 Å². The number of hydrogen-bond acceptors (Lipinski definition) is 3. The second kappa shape index (κ2) is 8.10. The lowest BCUT2D eigenvalue weighted by atomic mass is 10.0. The number of anilines is 1. The van der Waals surface area contributed by atoms with Gasteiger partial charge in [0, 0.05) is 61.8 Å². The fraction of sp³-hybridized carbons (Fsp3) is 0.240. The molecule has 1 saturated heterocycles. The van der Waals surface area contributed by atoms with Gasteiger partial charge in [0.2, 0.25) is 0 Å². The number of hydrogen-bond donors (Lipinski definition) is 1. The second-order valence-corrected chi connectivity index (χ2v) is 7.67. The highest BCUT2D eigenvalue weighted by Gasteiger charge is 2.19. The highest BCUT2D eigenvalue weighted by atomic mass is 15.3. The first kappa shape index (κ1) is 18.0. The Morgan fingerprint density at radius 3 is 2.48 bits per heavy atom. The summed E-state index contributed by atoms with van der Waals surface area (Å²) in [5.41, 5.74) is 3.94. The number of nitrogens with one attached hydrogen (secondary N) is 1. The Bertz CT molecular complexity index is 1070. The van der Waals surface area contributed by atoms with Gasteiger partial charge in [0.1, 0.15) is 5.82 Å². The van der Waals surface area contributed by atoms with Crippen LogP contribution in [-0.4, -0.2) is 47.6 Å². The smallest absolute Gasteiger partial charge is 0.137 e. The van der Waals surface area contributed by atoms with E-state index < -0.39 is 0 Å². The Balaban J connectivity index is 1.23. The fourth-order valence-corrected chi connectivity index (χ4v) is 4.36. The van der Waals surface area contributed by atoms with Crippen LogP contribution in [0.15, 0.2) is 79.1 Å². The van der Waals surface area contributed by atoms with Crippen LogP contribution in [-0.2, 0) is 6.42 Å². The minimum absolute atomic E-state index is 0.960. The first-order valence-electron chi connectivity index (χ1n) is 10.4. The highest BCUT2D eigenvalue weighted by molar-refractivity contribution is 5.94. The third kappa shape index (κ3) is 3.76. The van der Waals surface area contributed by atoms with Crippen molar-refractivity contribution in [3.63, 3.8) is 0 Å². The van der Waals surface area contributed by atoms with Crippen molar-refractivity contribution in [3.8, 4) is 11.4 Å². The Hall–Kier alpha value is -3.11. The first-order valence-corrected chi connectivity index (χ1v) is 10.4. The number of imidazole rings is 1. The van der Waals surface area contributed by atoms with Gasteiger partial charge in [-0.1, -0.05) is 60.7 Å². The molecule has 0 atom stereocenters. The molecule has 0 bridgehead atoms. The largest absolute Gasteiger partial charge is 0.368 e. The van der Waals surface area contributed by atoms with Crippen molar-refractivity contribution in [2.24, 2.45) is 0 Å². The molecule has 0 aliphatic carbocycles. The maximum atomic E-state index is 4.43. The summed E-state index contributed by atoms with van der Waals surface area (Å²) in [6, 6.07) is 23.9. The lowest BCUT2D eigenvalue weighted by Gasteiger charge is -2.36. The minimum Gasteiger partial charge on any atom is -0.368 e. The van der Waals surface area contributed by atoms with E-state index in [1.54, 1.807) is 0 Å². The highest BCUT2D eigenvalue weighted by Crippen LogP contribution is 2.27. The van der Waals surface area contributed by atoms with Gasteiger partial charge in [0.15, 0.2) is 0 Å². The van der Waals surface area contributed by atoms with Crippen LogP contribution in [0.25, 0.3) is 22.2 Å². The van der Waals surface area contributed by atoms with Crippen molar-refractivity contribution < 1.29 is 0 Å². The van der Waals surface area contributed by atoms with E-state index in [0.29, 0.717) is 0 Å². The molecule has 1 fully saturated rings. The normalized spacial score (nSPS) is 15.1. The van der Waals surface area contributed by atoms with Crippen molar-refractivity contribution in [1.82, 2.24) is 14.9 Å². The molecule has 1 N–H and O–H groups in total. The van der Waals surface area contributed by atoms with Crippen molar-refractivity contribution in [2.75, 3.05) is 37.6 Å². The molecule has 0 unspecified atom stereocenters. The number of benzene rings is 3. The molecule has 5 rings (SSSR count). The maximum absolute atomic E-state index is 4.43. The summed E-state index contributed by atoms with van der Waals surface area (Å²) in [6.07, 6.45) is 4.75. The predicted octanol–water partition coefficient (Wildman–Crippen LogP) is 4.59. The number of rotatable bonds is 5. The maximum Gasteiger partial charge on any atom is 0.137 e. The Labute approximate surface area is 171 Å². The van der Waals surface area contributed by atoms with E-state index in [0.717, 1.165) is 45.0 Å². The summed E-state index contributed by atoms with van der Waals surface area (Å²) < 4.78 is 0. The van der Waals surface area contributed by atoms with Crippen LogP contribution < -0.4 is 4.90 Å². The molecule has 0 spiro atoms. The zero-order valence-electron chi connectivity index (χ0n) is 16.6. The number of aromatic nitrogens is 2. The molecular formula is C25H26N4. The third-order valence-electron chi connectivity index (χ3n) is 5.95. The summed E-state index contributed by atoms with van der Waals surface area (Å²) in [6.45, 7) is 5.45. The summed E-state index contributed by atoms with van der Waals surface area (Å²) in [7, 11) is 0. The molecule has 1 aromatic heterocycles. The Morgan fingerprint density at radius 1 is 0.828 bits per heavy atom. The molecule has 0 radical (unpaired) electrons. The van der Waals surface area contributed by atoms with Gasteiger partial charge in [-0.2, -0.15) is 0 Å². The number of piperazine rings is 1. The average molecular weight is 383 g/mol. The molecule has 0 saturated carbocycles. The van der Waals surface area contributed by atoms with E-state index in [4.69, 9.17) is 0 Å². The summed E-state index contributed by atoms with van der Waals surface area (Å²) in [5.74, 6) is 0.960. The lowest BCUT2D eigenvalue weighted by molar-refractivity contribution is 0.261. The molecule has 1 aliphatic heterocycles. The molecule has 4 heteroatoms.